The van der Waals surface area contributed by atoms with E-state index in [9.17, 15) is 14.4 Å². The number of carboxylic acids is 2. The average Bonchev–Trinajstić information content (AvgIpc) is 2.03. The average molecular weight is 271 g/mol. The highest BCUT2D eigenvalue weighted by Gasteiger charge is 2.20. The van der Waals surface area contributed by atoms with Gasteiger partial charge >= 0.3 is 11.9 Å². The van der Waals surface area contributed by atoms with Crippen molar-refractivity contribution in [2.45, 2.75) is 25.8 Å². The topological polar surface area (TPSA) is 118 Å². The Morgan fingerprint density at radius 3 is 1.81 bits per heavy atom. The summed E-state index contributed by atoms with van der Waals surface area (Å²) in [6.07, 6.45) is -0.511. The Morgan fingerprint density at radius 2 is 1.50 bits per heavy atom. The molecular weight excluding hydrogens is 254 g/mol. The monoisotopic (exact) mass is 271 g/mol. The molecule has 2 atom stereocenters. The van der Waals surface area contributed by atoms with Crippen LogP contribution >= 0.6 is 27.0 Å². The SMILES string of the molecule is C[C@H](CC(=O)C[C@H](N)C(=O)O)C(=O)O.S.S. The number of carbonyl (C=O) groups is 3. The summed E-state index contributed by atoms with van der Waals surface area (Å²) in [7, 11) is 0. The lowest BCUT2D eigenvalue weighted by Crippen LogP contribution is -2.33. The van der Waals surface area contributed by atoms with Crippen LogP contribution in [-0.2, 0) is 14.4 Å². The van der Waals surface area contributed by atoms with Crippen molar-refractivity contribution in [3.05, 3.63) is 0 Å². The molecule has 0 aromatic carbocycles. The van der Waals surface area contributed by atoms with Crippen molar-refractivity contribution >= 4 is 44.7 Å². The zero-order chi connectivity index (χ0) is 11.3. The molecule has 0 bridgehead atoms. The molecule has 0 heterocycles. The van der Waals surface area contributed by atoms with Crippen LogP contribution in [0, 0.1) is 5.92 Å². The van der Waals surface area contributed by atoms with Crippen molar-refractivity contribution < 1.29 is 24.6 Å². The van der Waals surface area contributed by atoms with E-state index in [1.807, 2.05) is 0 Å². The second-order valence-corrected chi connectivity index (χ2v) is 3.13. The fourth-order valence-electron chi connectivity index (χ4n) is 0.845. The van der Waals surface area contributed by atoms with Gasteiger partial charge in [-0.1, -0.05) is 6.92 Å². The highest BCUT2D eigenvalue weighted by Crippen LogP contribution is 2.05. The standard InChI is InChI=1S/C8H13NO5.2H2S/c1-4(7(11)12)2-5(10)3-6(9)8(13)14;;/h4,6H,2-3,9H2,1H3,(H,11,12)(H,13,14);2*1H2/t4-,6+;;/m1../s1. The van der Waals surface area contributed by atoms with Crippen LogP contribution in [-0.4, -0.2) is 34.0 Å². The lowest BCUT2D eigenvalue weighted by Gasteiger charge is -2.07. The van der Waals surface area contributed by atoms with Crippen LogP contribution in [0.1, 0.15) is 19.8 Å². The van der Waals surface area contributed by atoms with Gasteiger partial charge in [0.2, 0.25) is 0 Å². The van der Waals surface area contributed by atoms with Crippen molar-refractivity contribution in [2.24, 2.45) is 11.7 Å². The highest BCUT2D eigenvalue weighted by atomic mass is 32.1. The van der Waals surface area contributed by atoms with Crippen molar-refractivity contribution in [1.29, 1.82) is 0 Å². The van der Waals surface area contributed by atoms with Gasteiger partial charge in [-0.25, -0.2) is 0 Å². The van der Waals surface area contributed by atoms with Crippen LogP contribution in [0.5, 0.6) is 0 Å². The number of nitrogens with two attached hydrogens (primary N) is 1. The molecule has 8 heteroatoms. The van der Waals surface area contributed by atoms with Gasteiger partial charge in [-0.15, -0.1) is 0 Å². The third-order valence-corrected chi connectivity index (χ3v) is 1.72. The molecule has 96 valence electrons. The molecule has 0 aromatic rings. The molecule has 0 unspecified atom stereocenters. The minimum Gasteiger partial charge on any atom is -0.481 e. The number of Topliss-reactive ketones (excluding diaryl/α,β-unsaturated/α-hetero) is 1. The first-order valence-electron chi connectivity index (χ1n) is 4.07. The molecule has 0 aliphatic carbocycles. The van der Waals surface area contributed by atoms with Crippen molar-refractivity contribution in [3.8, 4) is 0 Å². The molecule has 0 aliphatic rings. The zero-order valence-corrected chi connectivity index (χ0v) is 10.8. The Labute approximate surface area is 107 Å². The molecule has 16 heavy (non-hydrogen) atoms. The number of ketones is 1. The molecule has 0 rings (SSSR count). The summed E-state index contributed by atoms with van der Waals surface area (Å²) in [5.74, 6) is -3.60. The molecule has 0 amide bonds. The third-order valence-electron chi connectivity index (χ3n) is 1.72. The maximum absolute atomic E-state index is 11.1. The highest BCUT2D eigenvalue weighted by molar-refractivity contribution is 7.59. The van der Waals surface area contributed by atoms with Crippen LogP contribution in [0.15, 0.2) is 0 Å². The Morgan fingerprint density at radius 1 is 1.06 bits per heavy atom. The second kappa shape index (κ2) is 9.49. The lowest BCUT2D eigenvalue weighted by molar-refractivity contribution is -0.143. The van der Waals surface area contributed by atoms with E-state index in [2.05, 4.69) is 0 Å². The summed E-state index contributed by atoms with van der Waals surface area (Å²) in [6.45, 7) is 1.38. The summed E-state index contributed by atoms with van der Waals surface area (Å²) in [6, 6.07) is -1.25. The molecule has 0 saturated heterocycles. The quantitative estimate of drug-likeness (QED) is 0.610. The predicted molar refractivity (Wildman–Crippen MR) is 67.4 cm³/mol. The molecule has 0 fully saturated rings. The van der Waals surface area contributed by atoms with E-state index in [1.54, 1.807) is 0 Å². The molecule has 0 saturated carbocycles. The molecule has 0 radical (unpaired) electrons. The Balaban J connectivity index is -0.000000845. The number of hydrogen-bond donors (Lipinski definition) is 3. The summed E-state index contributed by atoms with van der Waals surface area (Å²) >= 11 is 0. The van der Waals surface area contributed by atoms with Crippen molar-refractivity contribution in [3.63, 3.8) is 0 Å². The van der Waals surface area contributed by atoms with Crippen LogP contribution in [0.4, 0.5) is 0 Å². The second-order valence-electron chi connectivity index (χ2n) is 3.13. The summed E-state index contributed by atoms with van der Waals surface area (Å²) in [5.41, 5.74) is 5.10. The Kier molecular flexibility index (Phi) is 12.3. The first-order chi connectivity index (χ1) is 6.34. The van der Waals surface area contributed by atoms with Gasteiger partial charge in [-0.05, 0) is 0 Å². The Bertz CT molecular complexity index is 235. The number of carbonyl (C=O) groups excluding carboxylic acids is 1. The van der Waals surface area contributed by atoms with Gasteiger partial charge in [-0.2, -0.15) is 27.0 Å². The minimum atomic E-state index is -1.26. The number of hydrogen-bond acceptors (Lipinski definition) is 4. The first kappa shape index (κ1) is 20.7. The van der Waals surface area contributed by atoms with E-state index < -0.39 is 29.7 Å². The zero-order valence-electron chi connectivity index (χ0n) is 8.77. The third kappa shape index (κ3) is 8.57. The minimum absolute atomic E-state index is 0. The normalized spacial score (nSPS) is 12.6. The predicted octanol–water partition coefficient (Wildman–Crippen LogP) is -0.306. The smallest absolute Gasteiger partial charge is 0.320 e. The fourth-order valence-corrected chi connectivity index (χ4v) is 0.845. The van der Waals surface area contributed by atoms with E-state index >= 15 is 0 Å². The molecular formula is C8H17NO5S2. The molecule has 6 nitrogen and oxygen atoms in total. The van der Waals surface area contributed by atoms with E-state index in [0.29, 0.717) is 0 Å². The van der Waals surface area contributed by atoms with Gasteiger partial charge in [0.05, 0.1) is 5.92 Å². The number of aliphatic carboxylic acids is 2. The van der Waals surface area contributed by atoms with Gasteiger partial charge in [0.25, 0.3) is 0 Å². The van der Waals surface area contributed by atoms with Crippen LogP contribution in [0.2, 0.25) is 0 Å². The van der Waals surface area contributed by atoms with Gasteiger partial charge in [-0.3, -0.25) is 14.4 Å². The molecule has 0 aromatic heterocycles. The van der Waals surface area contributed by atoms with E-state index in [0.717, 1.165) is 0 Å². The molecule has 4 N–H and O–H groups in total. The van der Waals surface area contributed by atoms with Gasteiger partial charge in [0.15, 0.2) is 0 Å². The van der Waals surface area contributed by atoms with Crippen molar-refractivity contribution in [2.75, 3.05) is 0 Å². The first-order valence-corrected chi connectivity index (χ1v) is 4.07. The summed E-state index contributed by atoms with van der Waals surface area (Å²) in [5, 5.41) is 16.9. The van der Waals surface area contributed by atoms with E-state index in [1.165, 1.54) is 6.92 Å². The Hall–Kier alpha value is -0.730. The van der Waals surface area contributed by atoms with Gasteiger partial charge in [0.1, 0.15) is 11.8 Å². The van der Waals surface area contributed by atoms with Crippen LogP contribution in [0.25, 0.3) is 0 Å². The van der Waals surface area contributed by atoms with Gasteiger partial charge in [0, 0.05) is 12.8 Å². The van der Waals surface area contributed by atoms with E-state index in [4.69, 9.17) is 15.9 Å². The van der Waals surface area contributed by atoms with E-state index in [-0.39, 0.29) is 39.8 Å². The van der Waals surface area contributed by atoms with Crippen molar-refractivity contribution in [1.82, 2.24) is 0 Å². The summed E-state index contributed by atoms with van der Waals surface area (Å²) in [4.78, 5) is 31.7. The maximum atomic E-state index is 11.1. The fraction of sp³-hybridized carbons (Fsp3) is 0.625. The van der Waals surface area contributed by atoms with Gasteiger partial charge < -0.3 is 15.9 Å². The molecule has 0 aliphatic heterocycles. The number of carboxylic acid groups (broad SMARTS) is 2. The number of rotatable bonds is 6. The van der Waals surface area contributed by atoms with Crippen LogP contribution in [0.3, 0.4) is 0 Å². The van der Waals surface area contributed by atoms with Crippen LogP contribution < -0.4 is 5.73 Å². The maximum Gasteiger partial charge on any atom is 0.320 e. The largest absolute Gasteiger partial charge is 0.481 e. The summed E-state index contributed by atoms with van der Waals surface area (Å²) < 4.78 is 0. The molecule has 0 spiro atoms. The lowest BCUT2D eigenvalue weighted by atomic mass is 10.0.